The van der Waals surface area contributed by atoms with Crippen molar-refractivity contribution in [3.63, 3.8) is 0 Å². The van der Waals surface area contributed by atoms with Crippen molar-refractivity contribution in [2.24, 2.45) is 41.4 Å². The first kappa shape index (κ1) is 51.2. The third-order valence-electron chi connectivity index (χ3n) is 16.3. The van der Waals surface area contributed by atoms with Crippen molar-refractivity contribution in [3.05, 3.63) is 47.5 Å². The molecule has 2 spiro atoms. The van der Waals surface area contributed by atoms with Crippen LogP contribution in [0.3, 0.4) is 0 Å². The largest absolute Gasteiger partial charge is 0.481 e. The lowest BCUT2D eigenvalue weighted by Crippen LogP contribution is -2.65. The van der Waals surface area contributed by atoms with E-state index in [0.29, 0.717) is 68.9 Å². The Labute approximate surface area is 385 Å². The number of carboxylic acid groups (broad SMARTS) is 1. The van der Waals surface area contributed by atoms with Gasteiger partial charge in [-0.3, -0.25) is 14.4 Å². The first-order valence-electron chi connectivity index (χ1n) is 24.4. The maximum absolute atomic E-state index is 14.7. The second kappa shape index (κ2) is 20.2. The average Bonchev–Trinajstić information content (AvgIpc) is 3.63. The van der Waals surface area contributed by atoms with E-state index in [1.54, 1.807) is 19.1 Å². The Balaban J connectivity index is 1.26. The molecule has 14 heteroatoms. The number of hydrogen-bond donors (Lipinski definition) is 4. The van der Waals surface area contributed by atoms with Gasteiger partial charge in [-0.05, 0) is 114 Å². The molecule has 0 saturated carbocycles. The number of ketones is 1. The Kier molecular flexibility index (Phi) is 15.9. The number of nitrogens with one attached hydrogen (secondary N) is 1. The molecule has 0 radical (unpaired) electrons. The molecule has 0 aromatic heterocycles. The van der Waals surface area contributed by atoms with Gasteiger partial charge in [0.1, 0.15) is 11.8 Å². The monoisotopic (exact) mass is 912 g/mol. The number of carbonyl (C=O) groups is 4. The molecule has 4 fully saturated rings. The highest BCUT2D eigenvalue weighted by molar-refractivity contribution is 5.96. The molecule has 364 valence electrons. The molecule has 0 unspecified atom stereocenters. The normalized spacial score (nSPS) is 39.6. The van der Waals surface area contributed by atoms with E-state index in [1.165, 1.54) is 19.2 Å². The van der Waals surface area contributed by atoms with E-state index in [9.17, 15) is 34.5 Å². The molecule has 65 heavy (non-hydrogen) atoms. The van der Waals surface area contributed by atoms with Crippen molar-refractivity contribution >= 4 is 23.6 Å². The van der Waals surface area contributed by atoms with Gasteiger partial charge in [0.05, 0.1) is 66.4 Å². The topological polar surface area (TPSA) is 196 Å². The molecule has 0 bridgehead atoms. The zero-order valence-corrected chi connectivity index (χ0v) is 40.5. The van der Waals surface area contributed by atoms with Crippen molar-refractivity contribution in [1.29, 1.82) is 0 Å². The first-order valence-corrected chi connectivity index (χ1v) is 24.4. The molecule has 5 heterocycles. The number of esters is 1. The van der Waals surface area contributed by atoms with E-state index in [0.717, 1.165) is 6.42 Å². The Hall–Kier alpha value is -3.24. The maximum Gasteiger partial charge on any atom is 0.337 e. The number of aliphatic hydroxyl groups excluding tert-OH is 1. The predicted octanol–water partition coefficient (Wildman–Crippen LogP) is 7.41. The summed E-state index contributed by atoms with van der Waals surface area (Å²) in [7, 11) is 1.30. The number of benzene rings is 1. The second-order valence-corrected chi connectivity index (χ2v) is 20.5. The van der Waals surface area contributed by atoms with E-state index >= 15 is 0 Å². The number of carbonyl (C=O) groups excluding carboxylic acids is 3. The maximum atomic E-state index is 14.7. The lowest BCUT2D eigenvalue weighted by molar-refractivity contribution is -0.397. The zero-order valence-electron chi connectivity index (χ0n) is 40.5. The van der Waals surface area contributed by atoms with Crippen LogP contribution in [0.2, 0.25) is 0 Å². The van der Waals surface area contributed by atoms with Crippen LogP contribution in [0.5, 0.6) is 0 Å². The van der Waals surface area contributed by atoms with Gasteiger partial charge in [0.25, 0.3) is 5.91 Å². The standard InChI is InChI=1S/C51H77NO13/c1-12-36(46(56)57)38-20-15-28(4)43(62-38)32(8)41(53)31(7)42(54)37(13-2)44-29(5)27-30(6)50(63-44)24-21-39(52-45(55)34-16-18-35(19-17-34)47(58)60-11)51(65-50)26-25-48(10,64-51)40-22-23-49(59,14-3)33(9)61-40/h16-19,21,24,28-33,36-41,43-44,53,59H,12-15,20,22-23,25-27H2,1-11H3,(H,52,55)(H,56,57)/t28-,29-,30+,31-,32-,33-,36+,37-,38+,39-,40+,41+,43+,44-,48-,49+,50-,51-/m0/s1. The van der Waals surface area contributed by atoms with Crippen LogP contribution in [0, 0.1) is 41.4 Å². The molecule has 6 rings (SSSR count). The number of rotatable bonds is 15. The molecular weight excluding hydrogens is 835 g/mol. The Morgan fingerprint density at radius 3 is 2.12 bits per heavy atom. The van der Waals surface area contributed by atoms with E-state index in [4.69, 9.17) is 28.4 Å². The molecule has 4 N–H and O–H groups in total. The van der Waals surface area contributed by atoms with Crippen molar-refractivity contribution in [2.45, 2.75) is 199 Å². The van der Waals surface area contributed by atoms with E-state index < -0.39 is 101 Å². The van der Waals surface area contributed by atoms with Crippen molar-refractivity contribution in [2.75, 3.05) is 7.11 Å². The number of amides is 1. The number of aliphatic hydroxyl groups is 2. The summed E-state index contributed by atoms with van der Waals surface area (Å²) in [5, 5.41) is 36.2. The Bertz CT molecular complexity index is 1890. The summed E-state index contributed by atoms with van der Waals surface area (Å²) in [4.78, 5) is 52.9. The second-order valence-electron chi connectivity index (χ2n) is 20.5. The molecule has 1 amide bonds. The Morgan fingerprint density at radius 2 is 1.52 bits per heavy atom. The highest BCUT2D eigenvalue weighted by Crippen LogP contribution is 2.54. The number of methoxy groups -OCH3 is 1. The summed E-state index contributed by atoms with van der Waals surface area (Å²) in [6, 6.07) is 5.42. The van der Waals surface area contributed by atoms with E-state index in [2.05, 4.69) is 26.1 Å². The van der Waals surface area contributed by atoms with Crippen molar-refractivity contribution < 1.29 is 62.9 Å². The number of carboxylic acids is 1. The highest BCUT2D eigenvalue weighted by Gasteiger charge is 2.63. The van der Waals surface area contributed by atoms with Gasteiger partial charge in [0.2, 0.25) is 0 Å². The van der Waals surface area contributed by atoms with E-state index in [1.807, 2.05) is 53.7 Å². The summed E-state index contributed by atoms with van der Waals surface area (Å²) in [5.74, 6) is -7.31. The third kappa shape index (κ3) is 10.0. The van der Waals surface area contributed by atoms with Gasteiger partial charge in [0, 0.05) is 35.7 Å². The predicted molar refractivity (Wildman–Crippen MR) is 242 cm³/mol. The fourth-order valence-corrected chi connectivity index (χ4v) is 11.8. The summed E-state index contributed by atoms with van der Waals surface area (Å²) >= 11 is 0. The molecule has 14 nitrogen and oxygen atoms in total. The molecule has 4 saturated heterocycles. The van der Waals surface area contributed by atoms with Crippen LogP contribution < -0.4 is 5.32 Å². The number of ether oxygens (including phenoxy) is 6. The van der Waals surface area contributed by atoms with Crippen LogP contribution in [0.25, 0.3) is 0 Å². The van der Waals surface area contributed by atoms with Crippen LogP contribution in [-0.2, 0) is 38.0 Å². The van der Waals surface area contributed by atoms with Crippen LogP contribution in [-0.4, -0.2) is 112 Å². The molecule has 18 atom stereocenters. The molecule has 1 aromatic carbocycles. The zero-order chi connectivity index (χ0) is 47.8. The molecule has 0 aliphatic carbocycles. The first-order chi connectivity index (χ1) is 30.6. The number of Topliss-reactive ketones (excluding diaryl/α,β-unsaturated/α-hetero) is 1. The summed E-state index contributed by atoms with van der Waals surface area (Å²) in [5.41, 5.74) is -1.17. The van der Waals surface area contributed by atoms with Gasteiger partial charge in [-0.1, -0.05) is 61.5 Å². The van der Waals surface area contributed by atoms with Gasteiger partial charge in [0.15, 0.2) is 11.6 Å². The van der Waals surface area contributed by atoms with E-state index in [-0.39, 0.29) is 29.6 Å². The Morgan fingerprint density at radius 1 is 0.862 bits per heavy atom. The lowest BCUT2D eigenvalue weighted by Gasteiger charge is -2.55. The van der Waals surface area contributed by atoms with Gasteiger partial charge in [-0.25, -0.2) is 4.79 Å². The minimum absolute atomic E-state index is 0.0571. The van der Waals surface area contributed by atoms with Crippen molar-refractivity contribution in [3.8, 4) is 0 Å². The lowest BCUT2D eigenvalue weighted by atomic mass is 9.72. The SMILES string of the molecule is CC[C@@H](C(=O)[C@@H](C)[C@@H](O)[C@H](C)[C@@H]1O[C@@H]([C@@H](CC)C(=O)O)CC[C@@H]1C)[C@H]1O[C@]2(C=C[C@H](NC(=O)c3ccc(C(=O)OC)cc3)[C@]3(CC[C@@](C)([C@H]4CC[C@](O)(CC)[C@H](C)O4)O3)O2)[C@H](C)C[C@@H]1C. The number of hydrogen-bond acceptors (Lipinski definition) is 12. The van der Waals surface area contributed by atoms with Crippen molar-refractivity contribution in [1.82, 2.24) is 5.32 Å². The van der Waals surface area contributed by atoms with Crippen LogP contribution >= 0.6 is 0 Å². The average molecular weight is 912 g/mol. The summed E-state index contributed by atoms with van der Waals surface area (Å²) < 4.78 is 39.4. The van der Waals surface area contributed by atoms with Gasteiger partial charge in [-0.15, -0.1) is 0 Å². The fourth-order valence-electron chi connectivity index (χ4n) is 11.8. The smallest absolute Gasteiger partial charge is 0.337 e. The summed E-state index contributed by atoms with van der Waals surface area (Å²) in [6.45, 7) is 19.5. The van der Waals surface area contributed by atoms with Gasteiger partial charge in [-0.2, -0.15) is 0 Å². The summed E-state index contributed by atoms with van der Waals surface area (Å²) in [6.07, 6.45) is 5.93. The van der Waals surface area contributed by atoms with Crippen LogP contribution in [0.1, 0.15) is 154 Å². The van der Waals surface area contributed by atoms with Gasteiger partial charge >= 0.3 is 11.9 Å². The number of aliphatic carboxylic acids is 1. The molecule has 1 aromatic rings. The van der Waals surface area contributed by atoms with Crippen LogP contribution in [0.15, 0.2) is 36.4 Å². The quantitative estimate of drug-likeness (QED) is 0.100. The highest BCUT2D eigenvalue weighted by atomic mass is 16.8. The molecule has 5 aliphatic heterocycles. The van der Waals surface area contributed by atoms with Gasteiger partial charge < -0.3 is 49.1 Å². The minimum Gasteiger partial charge on any atom is -0.481 e. The molecule has 5 aliphatic rings. The van der Waals surface area contributed by atoms with Crippen LogP contribution in [0.4, 0.5) is 0 Å². The molecular formula is C51H77NO13. The minimum atomic E-state index is -1.42. The third-order valence-corrected chi connectivity index (χ3v) is 16.3. The fraction of sp³-hybridized carbons (Fsp3) is 0.765.